The molecular weight excluding hydrogens is 364 g/mol. The van der Waals surface area contributed by atoms with Crippen LogP contribution in [0, 0.1) is 5.82 Å². The third kappa shape index (κ3) is 2.50. The van der Waals surface area contributed by atoms with Crippen LogP contribution >= 0.6 is 0 Å². The molecule has 2 atom stereocenters. The van der Waals surface area contributed by atoms with Crippen LogP contribution < -0.4 is 8.64 Å². The van der Waals surface area contributed by atoms with E-state index in [0.29, 0.717) is 10.1 Å². The second-order valence-electron chi connectivity index (χ2n) is 6.56. The molecule has 1 fully saturated rings. The number of hydrogen-bond acceptors (Lipinski definition) is 3. The number of hydrogen-bond donors (Lipinski definition) is 2. The van der Waals surface area contributed by atoms with Crippen molar-refractivity contribution in [1.29, 1.82) is 0 Å². The molecule has 2 unspecified atom stereocenters. The van der Waals surface area contributed by atoms with Crippen molar-refractivity contribution in [3.63, 3.8) is 0 Å². The van der Waals surface area contributed by atoms with Crippen molar-refractivity contribution in [2.24, 2.45) is 0 Å². The van der Waals surface area contributed by atoms with Crippen LogP contribution in [0.2, 0.25) is 3.67 Å². The number of fused-ring (bicyclic) bond motifs is 3. The number of alkyl carbamates (subject to hydrolysis) is 1. The van der Waals surface area contributed by atoms with Gasteiger partial charge in [0.25, 0.3) is 0 Å². The third-order valence-electron chi connectivity index (χ3n) is 3.87. The number of nitrogens with one attached hydrogen (secondary N) is 1. The van der Waals surface area contributed by atoms with Crippen molar-refractivity contribution in [3.8, 4) is 5.75 Å². The summed E-state index contributed by atoms with van der Waals surface area (Å²) in [5, 5.41) is 12.4. The molecule has 6 heteroatoms. The molecule has 1 aromatic rings. The monoisotopic (exact) mass is 381 g/mol. The van der Waals surface area contributed by atoms with Gasteiger partial charge < -0.3 is 0 Å². The Balaban J connectivity index is 1.70. The van der Waals surface area contributed by atoms with E-state index < -0.39 is 33.1 Å². The van der Waals surface area contributed by atoms with Gasteiger partial charge in [0.2, 0.25) is 0 Å². The molecule has 0 bridgehead atoms. The average molecular weight is 381 g/mol. The van der Waals surface area contributed by atoms with Gasteiger partial charge in [-0.1, -0.05) is 0 Å². The summed E-state index contributed by atoms with van der Waals surface area (Å²) >= 11 is -2.15. The van der Waals surface area contributed by atoms with Crippen molar-refractivity contribution in [2.45, 2.75) is 40.3 Å². The predicted molar refractivity (Wildman–Crippen MR) is 74.1 cm³/mol. The first-order chi connectivity index (χ1) is 9.26. The zero-order chi connectivity index (χ0) is 14.7. The first-order valence-corrected chi connectivity index (χ1v) is 12.2. The van der Waals surface area contributed by atoms with Crippen molar-refractivity contribution < 1.29 is 19.0 Å². The van der Waals surface area contributed by atoms with E-state index in [1.807, 2.05) is 20.8 Å². The van der Waals surface area contributed by atoms with E-state index >= 15 is 0 Å². The molecule has 20 heavy (non-hydrogen) atoms. The number of amides is 1. The number of rotatable bonds is 1. The molecule has 106 valence electrons. The zero-order valence-corrected chi connectivity index (χ0v) is 15.0. The summed E-state index contributed by atoms with van der Waals surface area (Å²) in [5.74, 6) is -0.318. The van der Waals surface area contributed by atoms with Gasteiger partial charge in [-0.3, -0.25) is 0 Å². The Morgan fingerprint density at radius 1 is 1.50 bits per heavy atom. The maximum absolute atomic E-state index is 13.7. The second kappa shape index (κ2) is 4.55. The van der Waals surface area contributed by atoms with Gasteiger partial charge in [-0.25, -0.2) is 0 Å². The molecule has 0 saturated carbocycles. The van der Waals surface area contributed by atoms with Gasteiger partial charge in [0.05, 0.1) is 0 Å². The van der Waals surface area contributed by atoms with Gasteiger partial charge in [0, 0.05) is 0 Å². The average Bonchev–Trinajstić information content (AvgIpc) is 2.76. The molecule has 0 aliphatic carbocycles. The number of benzene rings is 1. The molecule has 2 aliphatic heterocycles. The third-order valence-corrected chi connectivity index (χ3v) is 14.5. The quantitative estimate of drug-likeness (QED) is 0.778. The minimum absolute atomic E-state index is 0.0125. The molecule has 1 aromatic carbocycles. The van der Waals surface area contributed by atoms with Crippen LogP contribution in [-0.4, -0.2) is 42.0 Å². The zero-order valence-electron chi connectivity index (χ0n) is 11.7. The number of ether oxygens (including phenoxy) is 1. The number of carbonyl (C=O) groups is 1. The standard InChI is InChI=1S/C14H17FNO3.In/c1-14(2,3)19-13(18)16-8-4-5-10-6-7-11(17)9-12(10)15;/h4,7-9,17H,5H2,1-3H3,(H,16,18);. The van der Waals surface area contributed by atoms with Gasteiger partial charge in [0.15, 0.2) is 0 Å². The summed E-state index contributed by atoms with van der Waals surface area (Å²) in [7, 11) is 0. The first-order valence-electron chi connectivity index (χ1n) is 6.77. The van der Waals surface area contributed by atoms with Gasteiger partial charge in [0.1, 0.15) is 0 Å². The van der Waals surface area contributed by atoms with Gasteiger partial charge in [-0.15, -0.1) is 0 Å². The molecular formula is C14H17FInNO3. The van der Waals surface area contributed by atoms with E-state index in [-0.39, 0.29) is 15.4 Å². The fourth-order valence-corrected chi connectivity index (χ4v) is 15.6. The van der Waals surface area contributed by atoms with Crippen LogP contribution in [0.4, 0.5) is 9.18 Å². The summed E-state index contributed by atoms with van der Waals surface area (Å²) in [6.07, 6.45) is 0.304. The molecule has 0 spiro atoms. The molecule has 2 N–H and O–H groups in total. The topological polar surface area (TPSA) is 58.6 Å². The van der Waals surface area contributed by atoms with Gasteiger partial charge in [-0.05, 0) is 0 Å². The van der Waals surface area contributed by atoms with Gasteiger partial charge >= 0.3 is 125 Å². The number of phenolic OH excluding ortho intramolecular Hbond substituents is 1. The molecule has 1 saturated heterocycles. The van der Waals surface area contributed by atoms with Crippen LogP contribution in [0.5, 0.6) is 5.75 Å². The number of carbonyl (C=O) groups excluding carboxylic acids is 1. The molecule has 2 aliphatic rings. The SMILES string of the molecule is CC(C)(C)OC(=O)N[CH]1[CH]2Cc3c(F)cc(O)c[c]3[In]21. The van der Waals surface area contributed by atoms with Crippen molar-refractivity contribution >= 4 is 30.9 Å². The van der Waals surface area contributed by atoms with Crippen molar-refractivity contribution in [1.82, 2.24) is 5.32 Å². The fourth-order valence-electron chi connectivity index (χ4n) is 3.08. The Hall–Kier alpha value is -0.910. The Labute approximate surface area is 124 Å². The van der Waals surface area contributed by atoms with Gasteiger partial charge in [-0.2, -0.15) is 0 Å². The molecule has 4 nitrogen and oxygen atoms in total. The number of phenols is 1. The molecule has 0 radical (unpaired) electrons. The minimum atomic E-state index is -2.15. The molecule has 3 rings (SSSR count). The number of aromatic hydroxyl groups is 1. The van der Waals surface area contributed by atoms with E-state index in [0.717, 1.165) is 8.88 Å². The Kier molecular flexibility index (Phi) is 3.19. The van der Waals surface area contributed by atoms with Crippen LogP contribution in [0.3, 0.4) is 0 Å². The Morgan fingerprint density at radius 3 is 2.85 bits per heavy atom. The van der Waals surface area contributed by atoms with Crippen LogP contribution in [0.25, 0.3) is 0 Å². The van der Waals surface area contributed by atoms with E-state index in [2.05, 4.69) is 5.32 Å². The fraction of sp³-hybridized carbons (Fsp3) is 0.500. The predicted octanol–water partition coefficient (Wildman–Crippen LogP) is 1.61. The van der Waals surface area contributed by atoms with Crippen LogP contribution in [-0.2, 0) is 11.2 Å². The van der Waals surface area contributed by atoms with E-state index in [1.165, 1.54) is 6.07 Å². The summed E-state index contributed by atoms with van der Waals surface area (Å²) in [6.45, 7) is 5.48. The molecule has 2 heterocycles. The summed E-state index contributed by atoms with van der Waals surface area (Å²) in [6, 6.07) is 2.86. The van der Waals surface area contributed by atoms with E-state index in [4.69, 9.17) is 4.74 Å². The van der Waals surface area contributed by atoms with E-state index in [9.17, 15) is 14.3 Å². The maximum atomic E-state index is 13.7. The van der Waals surface area contributed by atoms with E-state index in [1.54, 1.807) is 6.07 Å². The van der Waals surface area contributed by atoms with Crippen molar-refractivity contribution in [2.75, 3.05) is 0 Å². The Morgan fingerprint density at radius 2 is 2.20 bits per heavy atom. The van der Waals surface area contributed by atoms with Crippen molar-refractivity contribution in [3.05, 3.63) is 23.5 Å². The molecule has 1 amide bonds. The number of halogens is 1. The summed E-state index contributed by atoms with van der Waals surface area (Å²) < 4.78 is 20.6. The normalized spacial score (nSPS) is 23.1. The Bertz CT molecular complexity index is 585. The summed E-state index contributed by atoms with van der Waals surface area (Å²) in [5.41, 5.74) is 0.252. The van der Waals surface area contributed by atoms with Crippen LogP contribution in [0.15, 0.2) is 12.1 Å². The summed E-state index contributed by atoms with van der Waals surface area (Å²) in [4.78, 5) is 11.8. The van der Waals surface area contributed by atoms with Crippen LogP contribution in [0.1, 0.15) is 26.3 Å². The first kappa shape index (κ1) is 14.0. The second-order valence-corrected chi connectivity index (χ2v) is 15.8. The molecule has 0 aromatic heterocycles.